The summed E-state index contributed by atoms with van der Waals surface area (Å²) in [5.41, 5.74) is 7.28. The molecule has 0 aliphatic rings. The number of aromatic nitrogens is 2. The van der Waals surface area contributed by atoms with Gasteiger partial charge < -0.3 is 10.3 Å². The lowest BCUT2D eigenvalue weighted by Gasteiger charge is -1.96. The number of nitrogen functional groups attached to an aromatic ring is 1. The molecule has 0 unspecified atom stereocenters. The minimum atomic E-state index is 0.591. The molecule has 2 aromatic carbocycles. The first kappa shape index (κ1) is 12.7. The number of hydrogen-bond acceptors (Lipinski definition) is 5. The van der Waals surface area contributed by atoms with Crippen LogP contribution in [-0.4, -0.2) is 10.1 Å². The normalized spacial score (nSPS) is 10.6. The Kier molecular flexibility index (Phi) is 3.69. The topological polar surface area (TPSA) is 64.9 Å². The average Bonchev–Trinajstić information content (AvgIpc) is 2.96. The molecule has 0 saturated carbocycles. The van der Waals surface area contributed by atoms with E-state index in [1.807, 2.05) is 42.5 Å². The predicted octanol–water partition coefficient (Wildman–Crippen LogP) is 3.61. The van der Waals surface area contributed by atoms with E-state index in [2.05, 4.69) is 22.3 Å². The van der Waals surface area contributed by atoms with Crippen molar-refractivity contribution in [1.29, 1.82) is 0 Å². The van der Waals surface area contributed by atoms with Crippen molar-refractivity contribution in [3.05, 3.63) is 60.5 Å². The van der Waals surface area contributed by atoms with E-state index in [1.54, 1.807) is 11.8 Å². The Morgan fingerprint density at radius 1 is 1.00 bits per heavy atom. The quantitative estimate of drug-likeness (QED) is 0.585. The molecule has 1 aromatic heterocycles. The number of anilines is 1. The largest absolute Gasteiger partial charge is 0.399 e. The second kappa shape index (κ2) is 5.79. The van der Waals surface area contributed by atoms with E-state index in [4.69, 9.17) is 10.3 Å². The number of hydrogen-bond donors (Lipinski definition) is 1. The lowest BCUT2D eigenvalue weighted by molar-refractivity contribution is 0.391. The Labute approximate surface area is 121 Å². The molecule has 20 heavy (non-hydrogen) atoms. The van der Waals surface area contributed by atoms with Crippen LogP contribution in [0.25, 0.3) is 11.4 Å². The van der Waals surface area contributed by atoms with E-state index >= 15 is 0 Å². The lowest BCUT2D eigenvalue weighted by Crippen LogP contribution is -1.85. The molecule has 0 amide bonds. The zero-order valence-electron chi connectivity index (χ0n) is 10.7. The highest BCUT2D eigenvalue weighted by molar-refractivity contribution is 7.98. The van der Waals surface area contributed by atoms with Gasteiger partial charge in [-0.3, -0.25) is 0 Å². The van der Waals surface area contributed by atoms with E-state index in [-0.39, 0.29) is 0 Å². The fourth-order valence-corrected chi connectivity index (χ4v) is 2.48. The summed E-state index contributed by atoms with van der Waals surface area (Å²) in [7, 11) is 0. The second-order valence-electron chi connectivity index (χ2n) is 4.24. The second-order valence-corrected chi connectivity index (χ2v) is 5.28. The van der Waals surface area contributed by atoms with E-state index in [0.717, 1.165) is 11.3 Å². The third-order valence-corrected chi connectivity index (χ3v) is 3.74. The molecule has 0 saturated heterocycles. The van der Waals surface area contributed by atoms with Gasteiger partial charge in [0.15, 0.2) is 0 Å². The first-order chi connectivity index (χ1) is 9.81. The van der Waals surface area contributed by atoms with Crippen LogP contribution in [0.1, 0.15) is 5.89 Å². The van der Waals surface area contributed by atoms with E-state index < -0.39 is 0 Å². The highest BCUT2D eigenvalue weighted by Gasteiger charge is 2.08. The summed E-state index contributed by atoms with van der Waals surface area (Å²) in [5.74, 6) is 1.87. The summed E-state index contributed by atoms with van der Waals surface area (Å²) in [6.07, 6.45) is 0. The molecule has 0 radical (unpaired) electrons. The van der Waals surface area contributed by atoms with Gasteiger partial charge in [-0.1, -0.05) is 23.4 Å². The van der Waals surface area contributed by atoms with Crippen LogP contribution in [0.3, 0.4) is 0 Å². The monoisotopic (exact) mass is 283 g/mol. The van der Waals surface area contributed by atoms with Gasteiger partial charge >= 0.3 is 0 Å². The van der Waals surface area contributed by atoms with Gasteiger partial charge in [-0.05, 0) is 36.4 Å². The van der Waals surface area contributed by atoms with Crippen molar-refractivity contribution in [2.24, 2.45) is 0 Å². The summed E-state index contributed by atoms with van der Waals surface area (Å²) in [4.78, 5) is 5.57. The van der Waals surface area contributed by atoms with Crippen LogP contribution >= 0.6 is 11.8 Å². The molecule has 3 rings (SSSR count). The molecule has 0 spiro atoms. The SMILES string of the molecule is Nc1ccc(-c2noc(CSc3ccccc3)n2)cc1. The highest BCUT2D eigenvalue weighted by atomic mass is 32.2. The minimum Gasteiger partial charge on any atom is -0.399 e. The van der Waals surface area contributed by atoms with Gasteiger partial charge in [0.2, 0.25) is 11.7 Å². The first-order valence-corrected chi connectivity index (χ1v) is 7.16. The van der Waals surface area contributed by atoms with Gasteiger partial charge in [0.25, 0.3) is 0 Å². The van der Waals surface area contributed by atoms with Gasteiger partial charge in [-0.25, -0.2) is 0 Å². The van der Waals surface area contributed by atoms with Crippen LogP contribution in [0.2, 0.25) is 0 Å². The minimum absolute atomic E-state index is 0.591. The highest BCUT2D eigenvalue weighted by Crippen LogP contribution is 2.23. The van der Waals surface area contributed by atoms with Crippen molar-refractivity contribution in [3.63, 3.8) is 0 Å². The molecule has 0 atom stereocenters. The van der Waals surface area contributed by atoms with Gasteiger partial charge in [0.1, 0.15) is 0 Å². The van der Waals surface area contributed by atoms with Crippen LogP contribution in [0.5, 0.6) is 0 Å². The van der Waals surface area contributed by atoms with Crippen molar-refractivity contribution < 1.29 is 4.52 Å². The van der Waals surface area contributed by atoms with Crippen molar-refractivity contribution in [3.8, 4) is 11.4 Å². The van der Waals surface area contributed by atoms with Gasteiger partial charge in [-0.15, -0.1) is 11.8 Å². The maximum absolute atomic E-state index is 5.65. The van der Waals surface area contributed by atoms with Gasteiger partial charge in [0, 0.05) is 16.1 Å². The predicted molar refractivity (Wildman–Crippen MR) is 80.1 cm³/mol. The molecule has 0 aliphatic carbocycles. The Morgan fingerprint density at radius 2 is 1.75 bits per heavy atom. The standard InChI is InChI=1S/C15H13N3OS/c16-12-8-6-11(7-9-12)15-17-14(19-18-15)10-20-13-4-2-1-3-5-13/h1-9H,10,16H2. The molecule has 0 fully saturated rings. The molecule has 3 aromatic rings. The molecule has 5 heteroatoms. The Bertz CT molecular complexity index is 680. The van der Waals surface area contributed by atoms with Crippen molar-refractivity contribution in [1.82, 2.24) is 10.1 Å². The third-order valence-electron chi connectivity index (χ3n) is 2.74. The van der Waals surface area contributed by atoms with Crippen LogP contribution < -0.4 is 5.73 Å². The molecule has 100 valence electrons. The molecular weight excluding hydrogens is 270 g/mol. The van der Waals surface area contributed by atoms with E-state index in [1.165, 1.54) is 4.90 Å². The summed E-state index contributed by atoms with van der Waals surface area (Å²) < 4.78 is 5.26. The van der Waals surface area contributed by atoms with Crippen molar-refractivity contribution >= 4 is 17.4 Å². The average molecular weight is 283 g/mol. The van der Waals surface area contributed by atoms with E-state index in [9.17, 15) is 0 Å². The fourth-order valence-electron chi connectivity index (χ4n) is 1.72. The molecule has 1 heterocycles. The van der Waals surface area contributed by atoms with Crippen LogP contribution in [-0.2, 0) is 5.75 Å². The zero-order valence-corrected chi connectivity index (χ0v) is 11.5. The van der Waals surface area contributed by atoms with Crippen LogP contribution in [0.4, 0.5) is 5.69 Å². The molecular formula is C15H13N3OS. The number of thioether (sulfide) groups is 1. The molecule has 4 nitrogen and oxygen atoms in total. The van der Waals surface area contributed by atoms with Crippen LogP contribution in [0.15, 0.2) is 64.0 Å². The number of rotatable bonds is 4. The number of benzene rings is 2. The first-order valence-electron chi connectivity index (χ1n) is 6.17. The summed E-state index contributed by atoms with van der Waals surface area (Å²) in [6, 6.07) is 17.5. The molecule has 0 aliphatic heterocycles. The maximum Gasteiger partial charge on any atom is 0.237 e. The number of nitrogens with two attached hydrogens (primary N) is 1. The van der Waals surface area contributed by atoms with Crippen molar-refractivity contribution in [2.45, 2.75) is 10.6 Å². The maximum atomic E-state index is 5.65. The smallest absolute Gasteiger partial charge is 0.237 e. The Hall–Kier alpha value is -2.27. The summed E-state index contributed by atoms with van der Waals surface area (Å²) in [6.45, 7) is 0. The van der Waals surface area contributed by atoms with Gasteiger partial charge in [-0.2, -0.15) is 4.98 Å². The fraction of sp³-hybridized carbons (Fsp3) is 0.0667. The Balaban J connectivity index is 1.69. The van der Waals surface area contributed by atoms with E-state index in [0.29, 0.717) is 17.5 Å². The molecule has 2 N–H and O–H groups in total. The molecule has 0 bridgehead atoms. The summed E-state index contributed by atoms with van der Waals surface area (Å²) in [5, 5.41) is 3.99. The van der Waals surface area contributed by atoms with Crippen molar-refractivity contribution in [2.75, 3.05) is 5.73 Å². The van der Waals surface area contributed by atoms with Crippen LogP contribution in [0, 0.1) is 0 Å². The Morgan fingerprint density at radius 3 is 2.50 bits per heavy atom. The lowest BCUT2D eigenvalue weighted by atomic mass is 10.2. The summed E-state index contributed by atoms with van der Waals surface area (Å²) >= 11 is 1.67. The third kappa shape index (κ3) is 3.00. The van der Waals surface area contributed by atoms with Gasteiger partial charge in [0.05, 0.1) is 5.75 Å². The number of nitrogens with zero attached hydrogens (tertiary/aromatic N) is 2. The zero-order chi connectivity index (χ0) is 13.8.